The number of ether oxygens (including phenoxy) is 1. The number of hydrogen-bond donors (Lipinski definition) is 1. The maximum atomic E-state index is 11.7. The Morgan fingerprint density at radius 2 is 2.38 bits per heavy atom. The molecule has 1 heterocycles. The molecule has 1 aliphatic rings. The second-order valence-corrected chi connectivity index (χ2v) is 3.95. The maximum absolute atomic E-state index is 11.7. The molecular weight excluding hydrogens is 204 g/mol. The summed E-state index contributed by atoms with van der Waals surface area (Å²) in [7, 11) is 0. The third-order valence-corrected chi connectivity index (χ3v) is 2.35. The zero-order chi connectivity index (χ0) is 11.7. The number of rotatable bonds is 2. The Hall–Kier alpha value is -1.97. The number of hydrogen-bond acceptors (Lipinski definition) is 3. The van der Waals surface area contributed by atoms with Gasteiger partial charge in [-0.05, 0) is 19.1 Å². The van der Waals surface area contributed by atoms with Gasteiger partial charge in [-0.2, -0.15) is 0 Å². The zero-order valence-corrected chi connectivity index (χ0v) is 9.19. The summed E-state index contributed by atoms with van der Waals surface area (Å²) in [6.45, 7) is 6.28. The van der Waals surface area contributed by atoms with Crippen molar-refractivity contribution in [2.24, 2.45) is 0 Å². The van der Waals surface area contributed by atoms with Crippen LogP contribution >= 0.6 is 0 Å². The van der Waals surface area contributed by atoms with Crippen molar-refractivity contribution in [3.8, 4) is 5.75 Å². The van der Waals surface area contributed by atoms with Gasteiger partial charge >= 0.3 is 0 Å². The van der Waals surface area contributed by atoms with E-state index in [1.807, 2.05) is 6.92 Å². The van der Waals surface area contributed by atoms with E-state index in [2.05, 4.69) is 6.58 Å². The summed E-state index contributed by atoms with van der Waals surface area (Å²) >= 11 is 0. The fourth-order valence-electron chi connectivity index (χ4n) is 1.66. The van der Waals surface area contributed by atoms with Gasteiger partial charge in [0.25, 0.3) is 5.91 Å². The van der Waals surface area contributed by atoms with E-state index < -0.39 is 0 Å². The van der Waals surface area contributed by atoms with Gasteiger partial charge in [0, 0.05) is 18.3 Å². The highest BCUT2D eigenvalue weighted by molar-refractivity contribution is 5.98. The number of amides is 1. The molecule has 0 atom stereocenters. The molecule has 2 rings (SSSR count). The van der Waals surface area contributed by atoms with Gasteiger partial charge in [0.1, 0.15) is 5.75 Å². The third-order valence-electron chi connectivity index (χ3n) is 2.35. The standard InChI is InChI=1S/C12H14N2O2/c1-8(2)6-14-10-4-3-9(13)5-11(10)16-7-12(14)15/h3-5H,1,6-7,13H2,2H3. The molecule has 0 radical (unpaired) electrons. The van der Waals surface area contributed by atoms with Crippen LogP contribution in [0.25, 0.3) is 0 Å². The third kappa shape index (κ3) is 1.86. The molecule has 1 aromatic rings. The molecule has 1 amide bonds. The molecular formula is C12H14N2O2. The van der Waals surface area contributed by atoms with Crippen LogP contribution in [0.3, 0.4) is 0 Å². The van der Waals surface area contributed by atoms with Crippen LogP contribution in [0.1, 0.15) is 6.92 Å². The molecule has 0 fully saturated rings. The summed E-state index contributed by atoms with van der Waals surface area (Å²) in [6.07, 6.45) is 0. The van der Waals surface area contributed by atoms with Crippen LogP contribution in [0.5, 0.6) is 5.75 Å². The van der Waals surface area contributed by atoms with Crippen LogP contribution in [0.15, 0.2) is 30.4 Å². The van der Waals surface area contributed by atoms with Crippen LogP contribution in [-0.4, -0.2) is 19.1 Å². The lowest BCUT2D eigenvalue weighted by molar-refractivity contribution is -0.121. The van der Waals surface area contributed by atoms with Gasteiger partial charge in [0.2, 0.25) is 0 Å². The Morgan fingerprint density at radius 1 is 1.62 bits per heavy atom. The Bertz CT molecular complexity index is 454. The van der Waals surface area contributed by atoms with E-state index in [9.17, 15) is 4.79 Å². The quantitative estimate of drug-likeness (QED) is 0.605. The topological polar surface area (TPSA) is 55.6 Å². The average molecular weight is 218 g/mol. The summed E-state index contributed by atoms with van der Waals surface area (Å²) in [5.74, 6) is 0.598. The van der Waals surface area contributed by atoms with E-state index in [1.54, 1.807) is 23.1 Å². The maximum Gasteiger partial charge on any atom is 0.265 e. The number of nitrogens with zero attached hydrogens (tertiary/aromatic N) is 1. The largest absolute Gasteiger partial charge is 0.481 e. The normalized spacial score (nSPS) is 14.3. The first-order valence-corrected chi connectivity index (χ1v) is 5.05. The Kier molecular flexibility index (Phi) is 2.56. The highest BCUT2D eigenvalue weighted by Crippen LogP contribution is 2.33. The van der Waals surface area contributed by atoms with Gasteiger partial charge < -0.3 is 15.4 Å². The van der Waals surface area contributed by atoms with Gasteiger partial charge in [0.05, 0.1) is 5.69 Å². The predicted molar refractivity (Wildman–Crippen MR) is 63.5 cm³/mol. The van der Waals surface area contributed by atoms with Crippen LogP contribution < -0.4 is 15.4 Å². The second kappa shape index (κ2) is 3.89. The Morgan fingerprint density at radius 3 is 3.06 bits per heavy atom. The van der Waals surface area contributed by atoms with Crippen molar-refractivity contribution in [2.45, 2.75) is 6.92 Å². The van der Waals surface area contributed by atoms with E-state index in [1.165, 1.54) is 0 Å². The number of carbonyl (C=O) groups is 1. The van der Waals surface area contributed by atoms with Crippen molar-refractivity contribution < 1.29 is 9.53 Å². The van der Waals surface area contributed by atoms with E-state index in [0.717, 1.165) is 11.3 Å². The molecule has 4 nitrogen and oxygen atoms in total. The lowest BCUT2D eigenvalue weighted by Gasteiger charge is -2.29. The summed E-state index contributed by atoms with van der Waals surface area (Å²) in [6, 6.07) is 5.28. The fourth-order valence-corrected chi connectivity index (χ4v) is 1.66. The number of fused-ring (bicyclic) bond motifs is 1. The van der Waals surface area contributed by atoms with Crippen LogP contribution in [0, 0.1) is 0 Å². The van der Waals surface area contributed by atoms with Crippen molar-refractivity contribution in [3.05, 3.63) is 30.4 Å². The van der Waals surface area contributed by atoms with E-state index in [-0.39, 0.29) is 12.5 Å². The number of carbonyl (C=O) groups excluding carboxylic acids is 1. The fraction of sp³-hybridized carbons (Fsp3) is 0.250. The summed E-state index contributed by atoms with van der Waals surface area (Å²) in [5.41, 5.74) is 7.98. The molecule has 84 valence electrons. The molecule has 2 N–H and O–H groups in total. The molecule has 1 aliphatic heterocycles. The van der Waals surface area contributed by atoms with Gasteiger partial charge in [-0.1, -0.05) is 12.2 Å². The highest BCUT2D eigenvalue weighted by atomic mass is 16.5. The molecule has 0 aliphatic carbocycles. The number of benzene rings is 1. The molecule has 0 saturated heterocycles. The summed E-state index contributed by atoms with van der Waals surface area (Å²) < 4.78 is 5.33. The molecule has 0 aromatic heterocycles. The molecule has 0 unspecified atom stereocenters. The first kappa shape index (κ1) is 10.5. The van der Waals surface area contributed by atoms with Crippen molar-refractivity contribution in [2.75, 3.05) is 23.8 Å². The Balaban J connectivity index is 2.40. The van der Waals surface area contributed by atoms with Crippen molar-refractivity contribution >= 4 is 17.3 Å². The lowest BCUT2D eigenvalue weighted by Crippen LogP contribution is -2.39. The highest BCUT2D eigenvalue weighted by Gasteiger charge is 2.25. The molecule has 1 aromatic carbocycles. The molecule has 16 heavy (non-hydrogen) atoms. The predicted octanol–water partition coefficient (Wildman–Crippen LogP) is 1.57. The number of anilines is 2. The minimum absolute atomic E-state index is 0.0553. The smallest absolute Gasteiger partial charge is 0.265 e. The van der Waals surface area contributed by atoms with Crippen LogP contribution in [0.4, 0.5) is 11.4 Å². The molecule has 0 bridgehead atoms. The van der Waals surface area contributed by atoms with Crippen molar-refractivity contribution in [1.82, 2.24) is 0 Å². The van der Waals surface area contributed by atoms with Crippen LogP contribution in [0.2, 0.25) is 0 Å². The first-order chi connectivity index (χ1) is 7.58. The lowest BCUT2D eigenvalue weighted by atomic mass is 10.2. The first-order valence-electron chi connectivity index (χ1n) is 5.05. The average Bonchev–Trinajstić information content (AvgIpc) is 2.22. The molecule has 0 spiro atoms. The Labute approximate surface area is 94.3 Å². The van der Waals surface area contributed by atoms with Gasteiger partial charge in [-0.25, -0.2) is 0 Å². The van der Waals surface area contributed by atoms with Gasteiger partial charge in [0.15, 0.2) is 6.61 Å². The monoisotopic (exact) mass is 218 g/mol. The van der Waals surface area contributed by atoms with E-state index >= 15 is 0 Å². The van der Waals surface area contributed by atoms with Crippen LogP contribution in [-0.2, 0) is 4.79 Å². The minimum Gasteiger partial charge on any atom is -0.481 e. The van der Waals surface area contributed by atoms with Crippen molar-refractivity contribution in [1.29, 1.82) is 0 Å². The SMILES string of the molecule is C=C(C)CN1C(=O)COc2cc(N)ccc21. The number of nitrogen functional groups attached to an aromatic ring is 1. The summed E-state index contributed by atoms with van der Waals surface area (Å²) in [4.78, 5) is 13.4. The summed E-state index contributed by atoms with van der Waals surface area (Å²) in [5, 5.41) is 0. The number of nitrogens with two attached hydrogens (primary N) is 1. The van der Waals surface area contributed by atoms with Gasteiger partial charge in [-0.3, -0.25) is 4.79 Å². The second-order valence-electron chi connectivity index (χ2n) is 3.95. The molecule has 0 saturated carbocycles. The van der Waals surface area contributed by atoms with E-state index in [4.69, 9.17) is 10.5 Å². The van der Waals surface area contributed by atoms with Crippen molar-refractivity contribution in [3.63, 3.8) is 0 Å². The molecule has 4 heteroatoms. The van der Waals surface area contributed by atoms with E-state index in [0.29, 0.717) is 18.0 Å². The minimum atomic E-state index is -0.0553. The van der Waals surface area contributed by atoms with Gasteiger partial charge in [-0.15, -0.1) is 0 Å². The zero-order valence-electron chi connectivity index (χ0n) is 9.19.